The summed E-state index contributed by atoms with van der Waals surface area (Å²) < 4.78 is 17.9. The van der Waals surface area contributed by atoms with E-state index in [4.69, 9.17) is 9.94 Å². The fourth-order valence-electron chi connectivity index (χ4n) is 1.75. The lowest BCUT2D eigenvalue weighted by atomic mass is 9.97. The Labute approximate surface area is 101 Å². The third-order valence-corrected chi connectivity index (χ3v) is 2.82. The smallest absolute Gasteiger partial charge is 0.0948 e. The molecule has 0 radical (unpaired) electrons. The second-order valence-electron chi connectivity index (χ2n) is 4.10. The molecule has 0 aromatic heterocycles. The number of oxime groups is 1. The van der Waals surface area contributed by atoms with Gasteiger partial charge in [-0.2, -0.15) is 0 Å². The number of nitrogens with zero attached hydrogens (tertiary/aromatic N) is 1. The average molecular weight is 239 g/mol. The van der Waals surface area contributed by atoms with Crippen LogP contribution in [0.25, 0.3) is 0 Å². The largest absolute Gasteiger partial charge is 0.411 e. The van der Waals surface area contributed by atoms with Gasteiger partial charge in [0.1, 0.15) is 0 Å². The number of hydrogen-bond acceptors (Lipinski definition) is 3. The molecule has 3 nitrogen and oxygen atoms in total. The number of benzene rings is 1. The van der Waals surface area contributed by atoms with Gasteiger partial charge in [0, 0.05) is 13.0 Å². The minimum Gasteiger partial charge on any atom is -0.411 e. The second-order valence-corrected chi connectivity index (χ2v) is 4.10. The van der Waals surface area contributed by atoms with Gasteiger partial charge in [-0.1, -0.05) is 36.3 Å². The molecule has 0 aliphatic rings. The van der Waals surface area contributed by atoms with Crippen LogP contribution in [0.2, 0.25) is 0 Å². The molecule has 0 heterocycles. The highest BCUT2D eigenvalue weighted by Gasteiger charge is 2.18. The molecule has 1 N–H and O–H groups in total. The Morgan fingerprint density at radius 2 is 2.00 bits per heavy atom. The van der Waals surface area contributed by atoms with Crippen molar-refractivity contribution < 1.29 is 14.3 Å². The molecule has 0 aliphatic carbocycles. The molecule has 0 amide bonds. The van der Waals surface area contributed by atoms with Gasteiger partial charge in [0.2, 0.25) is 0 Å². The maximum Gasteiger partial charge on any atom is 0.0948 e. The van der Waals surface area contributed by atoms with Crippen LogP contribution in [0.5, 0.6) is 0 Å². The quantitative estimate of drug-likeness (QED) is 0.487. The highest BCUT2D eigenvalue weighted by atomic mass is 19.1. The molecular formula is C13H18FNO2. The lowest BCUT2D eigenvalue weighted by molar-refractivity contribution is 0.0479. The summed E-state index contributed by atoms with van der Waals surface area (Å²) in [6, 6.07) is 7.40. The minimum absolute atomic E-state index is 0.182. The molecular weight excluding hydrogens is 221 g/mol. The Balaban J connectivity index is 2.92. The molecule has 0 fully saturated rings. The van der Waals surface area contributed by atoms with E-state index in [-0.39, 0.29) is 12.0 Å². The van der Waals surface area contributed by atoms with Gasteiger partial charge in [-0.15, -0.1) is 0 Å². The van der Waals surface area contributed by atoms with Gasteiger partial charge < -0.3 is 9.94 Å². The van der Waals surface area contributed by atoms with Crippen LogP contribution < -0.4 is 0 Å². The third kappa shape index (κ3) is 3.27. The molecule has 1 rings (SSSR count). The van der Waals surface area contributed by atoms with Crippen molar-refractivity contribution >= 4 is 5.71 Å². The van der Waals surface area contributed by atoms with Crippen molar-refractivity contribution in [1.29, 1.82) is 0 Å². The Bertz CT molecular complexity index is 376. The predicted octanol–water partition coefficient (Wildman–Crippen LogP) is 3.18. The van der Waals surface area contributed by atoms with Crippen molar-refractivity contribution in [3.8, 4) is 0 Å². The maximum absolute atomic E-state index is 12.6. The highest BCUT2D eigenvalue weighted by molar-refractivity contribution is 5.98. The van der Waals surface area contributed by atoms with Crippen LogP contribution in [-0.2, 0) is 4.74 Å². The van der Waals surface area contributed by atoms with Gasteiger partial charge in [-0.25, -0.2) is 0 Å². The Kier molecular flexibility index (Phi) is 5.10. The molecule has 0 saturated heterocycles. The highest BCUT2D eigenvalue weighted by Crippen LogP contribution is 2.26. The molecule has 4 heteroatoms. The molecule has 1 aromatic rings. The second kappa shape index (κ2) is 6.35. The van der Waals surface area contributed by atoms with Crippen molar-refractivity contribution in [2.45, 2.75) is 20.0 Å². The minimum atomic E-state index is -0.419. The van der Waals surface area contributed by atoms with Gasteiger partial charge >= 0.3 is 0 Å². The first-order valence-electron chi connectivity index (χ1n) is 5.51. The molecule has 0 bridgehead atoms. The zero-order chi connectivity index (χ0) is 12.8. The van der Waals surface area contributed by atoms with E-state index in [1.165, 1.54) is 0 Å². The summed E-state index contributed by atoms with van der Waals surface area (Å²) in [6.07, 6.45) is -0.250. The molecule has 0 unspecified atom stereocenters. The molecule has 2 atom stereocenters. The summed E-state index contributed by atoms with van der Waals surface area (Å²) in [5.41, 5.74) is 2.30. The molecule has 0 spiro atoms. The van der Waals surface area contributed by atoms with Crippen LogP contribution in [0, 0.1) is 5.92 Å². The molecule has 94 valence electrons. The van der Waals surface area contributed by atoms with E-state index in [9.17, 15) is 4.39 Å². The molecule has 1 aromatic carbocycles. The first-order valence-corrected chi connectivity index (χ1v) is 5.51. The number of rotatable bonds is 5. The Morgan fingerprint density at radius 1 is 1.41 bits per heavy atom. The van der Waals surface area contributed by atoms with Crippen molar-refractivity contribution in [1.82, 2.24) is 0 Å². The van der Waals surface area contributed by atoms with Gasteiger partial charge in [0.05, 0.1) is 18.5 Å². The van der Waals surface area contributed by atoms with E-state index in [1.54, 1.807) is 14.0 Å². The van der Waals surface area contributed by atoms with Crippen LogP contribution in [0.3, 0.4) is 0 Å². The van der Waals surface area contributed by atoms with Gasteiger partial charge in [0.25, 0.3) is 0 Å². The third-order valence-electron chi connectivity index (χ3n) is 2.82. The standard InChI is InChI=1S/C13H18FNO2/c1-9(8-14)13(17-3)12-6-4-11(5-7-12)10(2)15-16/h4-7,9,13,16H,8H2,1-3H3/b15-10-/t9-,13+/m1/s1. The van der Waals surface area contributed by atoms with Crippen LogP contribution in [0.4, 0.5) is 4.39 Å². The van der Waals surface area contributed by atoms with E-state index >= 15 is 0 Å². The van der Waals surface area contributed by atoms with Crippen molar-refractivity contribution in [3.05, 3.63) is 35.4 Å². The van der Waals surface area contributed by atoms with Gasteiger partial charge in [-0.3, -0.25) is 4.39 Å². The van der Waals surface area contributed by atoms with E-state index < -0.39 is 6.67 Å². The van der Waals surface area contributed by atoms with Crippen molar-refractivity contribution in [3.63, 3.8) is 0 Å². The SMILES string of the molecule is CO[C@H](c1ccc(/C(C)=N\O)cc1)[C@H](C)CF. The van der Waals surface area contributed by atoms with Crippen LogP contribution in [-0.4, -0.2) is 24.7 Å². The van der Waals surface area contributed by atoms with Crippen molar-refractivity contribution in [2.24, 2.45) is 11.1 Å². The van der Waals surface area contributed by atoms with Crippen LogP contribution in [0.15, 0.2) is 29.4 Å². The summed E-state index contributed by atoms with van der Waals surface area (Å²) in [5, 5.41) is 11.8. The lowest BCUT2D eigenvalue weighted by Gasteiger charge is -2.20. The van der Waals surface area contributed by atoms with Crippen LogP contribution in [0.1, 0.15) is 31.1 Å². The van der Waals surface area contributed by atoms with Gasteiger partial charge in [0.15, 0.2) is 0 Å². The van der Waals surface area contributed by atoms with E-state index in [0.29, 0.717) is 5.71 Å². The molecule has 0 aliphatic heterocycles. The fraction of sp³-hybridized carbons (Fsp3) is 0.462. The first kappa shape index (κ1) is 13.6. The first-order chi connectivity index (χ1) is 8.13. The topological polar surface area (TPSA) is 41.8 Å². The molecule has 17 heavy (non-hydrogen) atoms. The number of methoxy groups -OCH3 is 1. The number of halogens is 1. The van der Waals surface area contributed by atoms with Crippen molar-refractivity contribution in [2.75, 3.05) is 13.8 Å². The van der Waals surface area contributed by atoms with E-state index in [1.807, 2.05) is 31.2 Å². The van der Waals surface area contributed by atoms with E-state index in [2.05, 4.69) is 5.16 Å². The summed E-state index contributed by atoms with van der Waals surface area (Å²) >= 11 is 0. The maximum atomic E-state index is 12.6. The Hall–Kier alpha value is -1.42. The summed E-state index contributed by atoms with van der Waals surface area (Å²) in [6.45, 7) is 3.10. The summed E-state index contributed by atoms with van der Waals surface area (Å²) in [5.74, 6) is -0.182. The number of ether oxygens (including phenoxy) is 1. The summed E-state index contributed by atoms with van der Waals surface area (Å²) in [7, 11) is 1.57. The zero-order valence-electron chi connectivity index (χ0n) is 10.4. The lowest BCUT2D eigenvalue weighted by Crippen LogP contribution is -2.13. The summed E-state index contributed by atoms with van der Waals surface area (Å²) in [4.78, 5) is 0. The zero-order valence-corrected chi connectivity index (χ0v) is 10.4. The van der Waals surface area contributed by atoms with E-state index in [0.717, 1.165) is 11.1 Å². The number of alkyl halides is 1. The van der Waals surface area contributed by atoms with Crippen LogP contribution >= 0.6 is 0 Å². The number of hydrogen-bond donors (Lipinski definition) is 1. The molecule has 0 saturated carbocycles. The average Bonchev–Trinajstić information content (AvgIpc) is 2.39. The van der Waals surface area contributed by atoms with Gasteiger partial charge in [-0.05, 0) is 18.1 Å². The predicted molar refractivity (Wildman–Crippen MR) is 65.3 cm³/mol. The normalized spacial score (nSPS) is 15.6. The monoisotopic (exact) mass is 239 g/mol. The fourth-order valence-corrected chi connectivity index (χ4v) is 1.75. The Morgan fingerprint density at radius 3 is 2.41 bits per heavy atom.